The van der Waals surface area contributed by atoms with Crippen molar-refractivity contribution in [3.63, 3.8) is 0 Å². The summed E-state index contributed by atoms with van der Waals surface area (Å²) in [5.74, 6) is 0.756. The fraction of sp³-hybridized carbons (Fsp3) is 0.875. The van der Waals surface area contributed by atoms with Crippen LogP contribution in [-0.2, 0) is 4.84 Å². The van der Waals surface area contributed by atoms with Crippen molar-refractivity contribution < 1.29 is 9.74 Å². The molecular formula is C8H12BrN2O+. The predicted octanol–water partition coefficient (Wildman–Crippen LogP) is -0.228. The summed E-state index contributed by atoms with van der Waals surface area (Å²) in [6, 6.07) is 0. The first kappa shape index (κ1) is 7.33. The van der Waals surface area contributed by atoms with E-state index in [-0.39, 0.29) is 5.60 Å². The van der Waals surface area contributed by atoms with Gasteiger partial charge < -0.3 is 9.74 Å². The quantitative estimate of drug-likeness (QED) is 0.613. The van der Waals surface area contributed by atoms with Gasteiger partial charge in [-0.1, -0.05) is 5.16 Å². The minimum Gasteiger partial charge on any atom is -0.381 e. The standard InChI is InChI=1S/C8H11BrN2O/c9-7-3-8(12-10-7)5-11-2-1-6(8)4-11/h6H,1-5H2/p+1. The van der Waals surface area contributed by atoms with Crippen LogP contribution in [0.2, 0.25) is 0 Å². The van der Waals surface area contributed by atoms with E-state index in [0.717, 1.165) is 23.5 Å². The Labute approximate surface area is 79.9 Å². The van der Waals surface area contributed by atoms with Crippen LogP contribution in [0, 0.1) is 5.92 Å². The van der Waals surface area contributed by atoms with Gasteiger partial charge in [-0.2, -0.15) is 0 Å². The van der Waals surface area contributed by atoms with Gasteiger partial charge >= 0.3 is 0 Å². The van der Waals surface area contributed by atoms with Crippen molar-refractivity contribution in [3.05, 3.63) is 0 Å². The smallest absolute Gasteiger partial charge is 0.200 e. The summed E-state index contributed by atoms with van der Waals surface area (Å²) in [5, 5.41) is 4.01. The third kappa shape index (κ3) is 0.823. The fourth-order valence-corrected chi connectivity index (χ4v) is 3.42. The minimum absolute atomic E-state index is 0.0897. The summed E-state index contributed by atoms with van der Waals surface area (Å²) in [7, 11) is 0. The van der Waals surface area contributed by atoms with Crippen LogP contribution in [0.5, 0.6) is 0 Å². The first-order valence-corrected chi connectivity index (χ1v) is 5.32. The number of piperidine rings is 1. The number of nitrogens with zero attached hydrogens (tertiary/aromatic N) is 1. The van der Waals surface area contributed by atoms with Gasteiger partial charge in [0.2, 0.25) is 0 Å². The first-order valence-electron chi connectivity index (χ1n) is 4.53. The molecule has 2 bridgehead atoms. The molecule has 0 amide bonds. The number of fused-ring (bicyclic) bond motifs is 3. The van der Waals surface area contributed by atoms with E-state index in [1.54, 1.807) is 4.90 Å². The molecule has 2 saturated heterocycles. The molecule has 1 spiro atoms. The zero-order chi connectivity index (χ0) is 8.18. The lowest BCUT2D eigenvalue weighted by atomic mass is 9.86. The third-order valence-electron chi connectivity index (χ3n) is 3.45. The number of halogens is 1. The van der Waals surface area contributed by atoms with Crippen LogP contribution in [0.1, 0.15) is 12.8 Å². The van der Waals surface area contributed by atoms with Gasteiger partial charge in [0.1, 0.15) is 11.2 Å². The lowest BCUT2D eigenvalue weighted by Gasteiger charge is -2.26. The summed E-state index contributed by atoms with van der Waals surface area (Å²) in [5.41, 5.74) is 0.0897. The molecule has 3 heterocycles. The second-order valence-electron chi connectivity index (χ2n) is 4.17. The molecule has 3 atom stereocenters. The lowest BCUT2D eigenvalue weighted by Crippen LogP contribution is -3.09. The number of quaternary nitrogens is 1. The van der Waals surface area contributed by atoms with Crippen LogP contribution in [0.3, 0.4) is 0 Å². The summed E-state index contributed by atoms with van der Waals surface area (Å²) >= 11 is 3.41. The molecule has 0 aromatic carbocycles. The molecule has 0 aliphatic carbocycles. The Morgan fingerprint density at radius 2 is 2.58 bits per heavy atom. The molecule has 1 N–H and O–H groups in total. The van der Waals surface area contributed by atoms with E-state index in [9.17, 15) is 0 Å². The average molecular weight is 232 g/mol. The molecule has 3 unspecified atom stereocenters. The number of hydrogen-bond donors (Lipinski definition) is 1. The Morgan fingerprint density at radius 1 is 1.67 bits per heavy atom. The van der Waals surface area contributed by atoms with Gasteiger partial charge in [-0.25, -0.2) is 0 Å². The number of hydrogen-bond acceptors (Lipinski definition) is 2. The van der Waals surface area contributed by atoms with Gasteiger partial charge in [-0.3, -0.25) is 0 Å². The molecule has 12 heavy (non-hydrogen) atoms. The van der Waals surface area contributed by atoms with Crippen molar-refractivity contribution >= 4 is 20.6 Å². The summed E-state index contributed by atoms with van der Waals surface area (Å²) in [6.07, 6.45) is 2.33. The Morgan fingerprint density at radius 3 is 3.08 bits per heavy atom. The molecule has 3 nitrogen and oxygen atoms in total. The number of rotatable bonds is 0. The number of nitrogens with one attached hydrogen (secondary N) is 1. The van der Waals surface area contributed by atoms with E-state index in [1.807, 2.05) is 0 Å². The normalized spacial score (nSPS) is 49.9. The van der Waals surface area contributed by atoms with Crippen LogP contribution in [0.25, 0.3) is 0 Å². The Kier molecular flexibility index (Phi) is 1.36. The minimum atomic E-state index is 0.0897. The topological polar surface area (TPSA) is 26.0 Å². The summed E-state index contributed by atoms with van der Waals surface area (Å²) < 4.78 is 0.996. The first-order chi connectivity index (χ1) is 5.78. The van der Waals surface area contributed by atoms with Crippen molar-refractivity contribution in [3.8, 4) is 0 Å². The van der Waals surface area contributed by atoms with Gasteiger partial charge in [0.25, 0.3) is 0 Å². The highest BCUT2D eigenvalue weighted by Crippen LogP contribution is 2.37. The maximum Gasteiger partial charge on any atom is 0.200 e. The third-order valence-corrected chi connectivity index (χ3v) is 3.87. The van der Waals surface area contributed by atoms with Crippen molar-refractivity contribution in [1.29, 1.82) is 0 Å². The van der Waals surface area contributed by atoms with Crippen molar-refractivity contribution in [2.75, 3.05) is 19.6 Å². The van der Waals surface area contributed by atoms with Crippen LogP contribution in [0.15, 0.2) is 5.16 Å². The van der Waals surface area contributed by atoms with E-state index in [0.29, 0.717) is 0 Å². The highest BCUT2D eigenvalue weighted by molar-refractivity contribution is 9.18. The SMILES string of the molecule is BrC1=NOC2(C1)C[NH+]1CCC2C1. The molecule has 0 radical (unpaired) electrons. The van der Waals surface area contributed by atoms with E-state index in [4.69, 9.17) is 4.84 Å². The van der Waals surface area contributed by atoms with Crippen molar-refractivity contribution in [2.45, 2.75) is 18.4 Å². The molecule has 3 aliphatic heterocycles. The van der Waals surface area contributed by atoms with Crippen molar-refractivity contribution in [2.24, 2.45) is 11.1 Å². The van der Waals surface area contributed by atoms with E-state index < -0.39 is 0 Å². The van der Waals surface area contributed by atoms with Crippen molar-refractivity contribution in [1.82, 2.24) is 0 Å². The average Bonchev–Trinajstić information content (AvgIpc) is 2.67. The van der Waals surface area contributed by atoms with Crippen LogP contribution in [-0.4, -0.2) is 29.9 Å². The van der Waals surface area contributed by atoms with E-state index in [2.05, 4.69) is 21.1 Å². The molecule has 66 valence electrons. The van der Waals surface area contributed by atoms with Gasteiger partial charge in [0.15, 0.2) is 5.60 Å². The molecular weight excluding hydrogens is 220 g/mol. The second kappa shape index (κ2) is 2.23. The maximum atomic E-state index is 5.57. The van der Waals surface area contributed by atoms with Gasteiger partial charge in [-0.15, -0.1) is 0 Å². The van der Waals surface area contributed by atoms with Crippen LogP contribution in [0.4, 0.5) is 0 Å². The monoisotopic (exact) mass is 231 g/mol. The molecule has 0 aromatic rings. The molecule has 4 heteroatoms. The van der Waals surface area contributed by atoms with Gasteiger partial charge in [0.05, 0.1) is 19.0 Å². The Bertz CT molecular complexity index is 255. The number of oxime groups is 1. The molecule has 2 fully saturated rings. The zero-order valence-electron chi connectivity index (χ0n) is 6.85. The molecule has 3 rings (SSSR count). The lowest BCUT2D eigenvalue weighted by molar-refractivity contribution is -0.882. The Balaban J connectivity index is 1.86. The summed E-state index contributed by atoms with van der Waals surface area (Å²) in [6.45, 7) is 3.81. The largest absolute Gasteiger partial charge is 0.381 e. The van der Waals surface area contributed by atoms with E-state index in [1.165, 1.54) is 19.5 Å². The second-order valence-corrected chi connectivity index (χ2v) is 5.08. The van der Waals surface area contributed by atoms with Crippen LogP contribution < -0.4 is 4.90 Å². The maximum absolute atomic E-state index is 5.57. The highest BCUT2D eigenvalue weighted by Gasteiger charge is 2.58. The molecule has 3 aliphatic rings. The fourth-order valence-electron chi connectivity index (χ4n) is 2.87. The Hall–Kier alpha value is -0.0900. The molecule has 0 saturated carbocycles. The zero-order valence-corrected chi connectivity index (χ0v) is 8.43. The predicted molar refractivity (Wildman–Crippen MR) is 48.5 cm³/mol. The van der Waals surface area contributed by atoms with Crippen LogP contribution >= 0.6 is 15.9 Å². The molecule has 0 aromatic heterocycles. The van der Waals surface area contributed by atoms with Gasteiger partial charge in [0, 0.05) is 12.8 Å². The summed E-state index contributed by atoms with van der Waals surface area (Å²) in [4.78, 5) is 7.27. The van der Waals surface area contributed by atoms with E-state index >= 15 is 0 Å². The van der Waals surface area contributed by atoms with Gasteiger partial charge in [-0.05, 0) is 15.9 Å². The highest BCUT2D eigenvalue weighted by atomic mass is 79.9.